The Bertz CT molecular complexity index is 501. The fourth-order valence-corrected chi connectivity index (χ4v) is 3.99. The third kappa shape index (κ3) is 6.23. The molecule has 1 amide bonds. The number of rotatable bonds is 9. The van der Waals surface area contributed by atoms with Gasteiger partial charge in [0.2, 0.25) is 5.91 Å². The molecule has 0 aromatic heterocycles. The quantitative estimate of drug-likeness (QED) is 0.631. The van der Waals surface area contributed by atoms with Crippen LogP contribution in [0.2, 0.25) is 6.04 Å². The Morgan fingerprint density at radius 2 is 1.62 bits per heavy atom. The van der Waals surface area contributed by atoms with E-state index in [1.54, 1.807) is 30.3 Å². The summed E-state index contributed by atoms with van der Waals surface area (Å²) in [6.45, 7) is 0.115. The maximum absolute atomic E-state index is 12.6. The van der Waals surface area contributed by atoms with Crippen LogP contribution in [-0.4, -0.2) is 48.8 Å². The van der Waals surface area contributed by atoms with Gasteiger partial charge in [0.1, 0.15) is 6.42 Å². The molecule has 0 spiro atoms. The van der Waals surface area contributed by atoms with Crippen molar-refractivity contribution in [3.63, 3.8) is 0 Å². The lowest BCUT2D eigenvalue weighted by Crippen LogP contribution is -2.44. The summed E-state index contributed by atoms with van der Waals surface area (Å²) in [6.07, 6.45) is -5.66. The minimum Gasteiger partial charge on any atom is -0.377 e. The number of benzene rings is 1. The van der Waals surface area contributed by atoms with Gasteiger partial charge in [-0.05, 0) is 18.6 Å². The van der Waals surface area contributed by atoms with Gasteiger partial charge < -0.3 is 18.2 Å². The summed E-state index contributed by atoms with van der Waals surface area (Å²) < 4.78 is 53.5. The van der Waals surface area contributed by atoms with Crippen molar-refractivity contribution in [2.45, 2.75) is 25.1 Å². The number of amides is 1. The van der Waals surface area contributed by atoms with Crippen LogP contribution < -0.4 is 4.90 Å². The molecule has 1 aromatic carbocycles. The van der Waals surface area contributed by atoms with Crippen molar-refractivity contribution < 1.29 is 31.2 Å². The fraction of sp³-hybridized carbons (Fsp3) is 0.533. The van der Waals surface area contributed by atoms with Gasteiger partial charge in [-0.1, -0.05) is 18.2 Å². The van der Waals surface area contributed by atoms with Gasteiger partial charge in [0.05, 0.1) is 0 Å². The second-order valence-corrected chi connectivity index (χ2v) is 8.16. The zero-order valence-corrected chi connectivity index (χ0v) is 14.9. The lowest BCUT2D eigenvalue weighted by atomic mass is 10.2. The Morgan fingerprint density at radius 1 is 1.08 bits per heavy atom. The number of nitrogens with zero attached hydrogens (tertiary/aromatic N) is 1. The van der Waals surface area contributed by atoms with Gasteiger partial charge in [-0.2, -0.15) is 13.2 Å². The summed E-state index contributed by atoms with van der Waals surface area (Å²) in [5.41, 5.74) is 0.422. The molecule has 0 saturated heterocycles. The average molecular weight is 365 g/mol. The molecular weight excluding hydrogens is 343 g/mol. The standard InChI is InChI=1S/C15H22F3NO4Si/c1-21-24(22-2,23-3)11-7-10-19(13-8-5-4-6-9-13)14(20)12-15(16,17)18/h4-6,8-9H,7,10-12H2,1-3H3. The molecule has 0 atom stereocenters. The molecule has 0 bridgehead atoms. The third-order valence-electron chi connectivity index (χ3n) is 3.52. The first-order valence-corrected chi connectivity index (χ1v) is 9.27. The molecular formula is C15H22F3NO4Si. The molecule has 0 saturated carbocycles. The number of carbonyl (C=O) groups is 1. The van der Waals surface area contributed by atoms with E-state index in [1.807, 2.05) is 0 Å². The summed E-state index contributed by atoms with van der Waals surface area (Å²) in [6, 6.07) is 8.65. The van der Waals surface area contributed by atoms with E-state index in [0.717, 1.165) is 4.90 Å². The number of halogens is 3. The van der Waals surface area contributed by atoms with E-state index < -0.39 is 27.3 Å². The van der Waals surface area contributed by atoms with E-state index in [9.17, 15) is 18.0 Å². The normalized spacial score (nSPS) is 12.2. The molecule has 1 rings (SSSR count). The third-order valence-corrected chi connectivity index (χ3v) is 6.35. The van der Waals surface area contributed by atoms with Crippen LogP contribution in [0.15, 0.2) is 30.3 Å². The van der Waals surface area contributed by atoms with Crippen LogP contribution >= 0.6 is 0 Å². The monoisotopic (exact) mass is 365 g/mol. The molecule has 0 unspecified atom stereocenters. The number of hydrogen-bond acceptors (Lipinski definition) is 4. The SMILES string of the molecule is CO[Si](CCCN(C(=O)CC(F)(F)F)c1ccccc1)(OC)OC. The lowest BCUT2D eigenvalue weighted by Gasteiger charge is -2.27. The number of alkyl halides is 3. The summed E-state index contributed by atoms with van der Waals surface area (Å²) in [5.74, 6) is -0.992. The van der Waals surface area contributed by atoms with Crippen LogP contribution in [0.5, 0.6) is 0 Å². The molecule has 0 aliphatic rings. The predicted octanol–water partition coefficient (Wildman–Crippen LogP) is 3.24. The van der Waals surface area contributed by atoms with Crippen LogP contribution in [-0.2, 0) is 18.1 Å². The van der Waals surface area contributed by atoms with E-state index in [4.69, 9.17) is 13.3 Å². The van der Waals surface area contributed by atoms with E-state index in [-0.39, 0.29) is 6.54 Å². The van der Waals surface area contributed by atoms with E-state index in [2.05, 4.69) is 0 Å². The summed E-state index contributed by atoms with van der Waals surface area (Å²) in [5, 5.41) is 0. The largest absolute Gasteiger partial charge is 0.500 e. The number of carbonyl (C=O) groups excluding carboxylic acids is 1. The average Bonchev–Trinajstić information content (AvgIpc) is 2.55. The van der Waals surface area contributed by atoms with Gasteiger partial charge in [0.15, 0.2) is 0 Å². The second kappa shape index (κ2) is 9.16. The fourth-order valence-electron chi connectivity index (χ4n) is 2.28. The molecule has 0 N–H and O–H groups in total. The lowest BCUT2D eigenvalue weighted by molar-refractivity contribution is -0.151. The highest BCUT2D eigenvalue weighted by Gasteiger charge is 2.38. The van der Waals surface area contributed by atoms with Gasteiger partial charge >= 0.3 is 15.0 Å². The molecule has 0 aliphatic heterocycles. The smallest absolute Gasteiger partial charge is 0.377 e. The predicted molar refractivity (Wildman–Crippen MR) is 85.7 cm³/mol. The van der Waals surface area contributed by atoms with Crippen molar-refractivity contribution in [3.8, 4) is 0 Å². The molecule has 136 valence electrons. The van der Waals surface area contributed by atoms with Crippen molar-refractivity contribution >= 4 is 20.4 Å². The Balaban J connectivity index is 2.82. The van der Waals surface area contributed by atoms with E-state index in [0.29, 0.717) is 18.2 Å². The highest BCUT2D eigenvalue weighted by Crippen LogP contribution is 2.24. The number of para-hydroxylation sites is 1. The zero-order chi connectivity index (χ0) is 18.2. The molecule has 0 heterocycles. The Labute approximate surface area is 140 Å². The Hall–Kier alpha value is -1.42. The van der Waals surface area contributed by atoms with Crippen LogP contribution in [0.1, 0.15) is 12.8 Å². The van der Waals surface area contributed by atoms with Gasteiger partial charge in [0, 0.05) is 39.6 Å². The van der Waals surface area contributed by atoms with Gasteiger partial charge in [-0.25, -0.2) is 0 Å². The first-order valence-electron chi connectivity index (χ1n) is 7.34. The number of anilines is 1. The van der Waals surface area contributed by atoms with Crippen molar-refractivity contribution in [1.29, 1.82) is 0 Å². The zero-order valence-electron chi connectivity index (χ0n) is 13.9. The summed E-state index contributed by atoms with van der Waals surface area (Å²) in [4.78, 5) is 13.2. The summed E-state index contributed by atoms with van der Waals surface area (Å²) >= 11 is 0. The van der Waals surface area contributed by atoms with Crippen LogP contribution in [0.25, 0.3) is 0 Å². The van der Waals surface area contributed by atoms with Crippen molar-refractivity contribution in [3.05, 3.63) is 30.3 Å². The van der Waals surface area contributed by atoms with Crippen molar-refractivity contribution in [2.24, 2.45) is 0 Å². The highest BCUT2D eigenvalue weighted by atomic mass is 28.4. The first kappa shape index (κ1) is 20.6. The molecule has 0 radical (unpaired) electrons. The Kier molecular flexibility index (Phi) is 7.87. The topological polar surface area (TPSA) is 48.0 Å². The second-order valence-electron chi connectivity index (χ2n) is 5.07. The van der Waals surface area contributed by atoms with Crippen LogP contribution in [0.3, 0.4) is 0 Å². The molecule has 0 fully saturated rings. The molecule has 24 heavy (non-hydrogen) atoms. The minimum absolute atomic E-state index is 0.115. The van der Waals surface area contributed by atoms with Gasteiger partial charge in [0.25, 0.3) is 0 Å². The summed E-state index contributed by atoms with van der Waals surface area (Å²) in [7, 11) is 1.56. The Morgan fingerprint density at radius 3 is 2.08 bits per heavy atom. The molecule has 0 aliphatic carbocycles. The van der Waals surface area contributed by atoms with Crippen molar-refractivity contribution in [2.75, 3.05) is 32.8 Å². The maximum atomic E-state index is 12.6. The van der Waals surface area contributed by atoms with E-state index in [1.165, 1.54) is 21.3 Å². The van der Waals surface area contributed by atoms with Gasteiger partial charge in [-0.15, -0.1) is 0 Å². The van der Waals surface area contributed by atoms with Crippen LogP contribution in [0.4, 0.5) is 18.9 Å². The molecule has 9 heteroatoms. The first-order chi connectivity index (χ1) is 11.3. The molecule has 5 nitrogen and oxygen atoms in total. The van der Waals surface area contributed by atoms with E-state index >= 15 is 0 Å². The molecule has 1 aromatic rings. The maximum Gasteiger partial charge on any atom is 0.500 e. The minimum atomic E-state index is -4.55. The van der Waals surface area contributed by atoms with Crippen molar-refractivity contribution in [1.82, 2.24) is 0 Å². The highest BCUT2D eigenvalue weighted by molar-refractivity contribution is 6.60. The number of hydrogen-bond donors (Lipinski definition) is 0. The van der Waals surface area contributed by atoms with Crippen LogP contribution in [0, 0.1) is 0 Å². The van der Waals surface area contributed by atoms with Gasteiger partial charge in [-0.3, -0.25) is 4.79 Å².